The normalized spacial score (nSPS) is 13.0. The van der Waals surface area contributed by atoms with Gasteiger partial charge in [0.25, 0.3) is 0 Å². The number of aliphatic hydroxyl groups is 1. The van der Waals surface area contributed by atoms with E-state index in [0.717, 1.165) is 15.9 Å². The van der Waals surface area contributed by atoms with Gasteiger partial charge in [-0.25, -0.2) is 9.78 Å². The molecule has 1 aromatic heterocycles. The Morgan fingerprint density at radius 2 is 1.23 bits per heavy atom. The van der Waals surface area contributed by atoms with Gasteiger partial charge in [0.15, 0.2) is 7.26 Å². The third-order valence-corrected chi connectivity index (χ3v) is 11.1. The first kappa shape index (κ1) is 26.0. The highest BCUT2D eigenvalue weighted by Gasteiger charge is 2.58. The Hall–Kier alpha value is -4.61. The van der Waals surface area contributed by atoms with Gasteiger partial charge < -0.3 is 20.3 Å². The molecule has 0 aliphatic heterocycles. The number of methoxy groups -OCH3 is 2. The van der Waals surface area contributed by atoms with Crippen LogP contribution in [-0.2, 0) is 14.3 Å². The Morgan fingerprint density at radius 1 is 0.769 bits per heavy atom. The van der Waals surface area contributed by atoms with Gasteiger partial charge in [0, 0.05) is 0 Å². The van der Waals surface area contributed by atoms with Crippen molar-refractivity contribution in [3.05, 3.63) is 127 Å². The maximum absolute atomic E-state index is 13.9. The number of fused-ring (bicyclic) bond motifs is 1. The number of hydrogen-bond donors (Lipinski definition) is 2. The number of rotatable bonds is 8. The molecule has 0 aliphatic rings. The van der Waals surface area contributed by atoms with Gasteiger partial charge in [0.1, 0.15) is 15.9 Å². The average molecular weight is 539 g/mol. The van der Waals surface area contributed by atoms with Crippen LogP contribution in [0.4, 0.5) is 5.95 Å². The molecule has 0 spiro atoms. The molecule has 4 aromatic carbocycles. The highest BCUT2D eigenvalue weighted by atomic mass is 31.2. The molecule has 5 aromatic rings. The van der Waals surface area contributed by atoms with Crippen molar-refractivity contribution in [2.24, 2.45) is 0 Å². The van der Waals surface area contributed by atoms with Gasteiger partial charge in [-0.3, -0.25) is 4.57 Å². The molecular weight excluding hydrogens is 509 g/mol. The van der Waals surface area contributed by atoms with Crippen molar-refractivity contribution in [2.45, 2.75) is 6.04 Å². The lowest BCUT2D eigenvalue weighted by Gasteiger charge is -2.33. The molecule has 39 heavy (non-hydrogen) atoms. The molecule has 1 heterocycles. The zero-order valence-electron chi connectivity index (χ0n) is 21.6. The summed E-state index contributed by atoms with van der Waals surface area (Å²) in [4.78, 5) is 18.4. The number of carbonyl (C=O) groups is 1. The van der Waals surface area contributed by atoms with Crippen molar-refractivity contribution >= 4 is 46.1 Å². The van der Waals surface area contributed by atoms with Gasteiger partial charge in [0.05, 0.1) is 25.3 Å². The highest BCUT2D eigenvalue weighted by Crippen LogP contribution is 2.66. The SMILES string of the molecule is COC(=O)C(/C(=C(/O)OC)[P+](c1ccccc1)(c1ccccc1)c1ccccc1)n1c(N)nc2ccccc21. The summed E-state index contributed by atoms with van der Waals surface area (Å²) in [7, 11) is -0.296. The summed E-state index contributed by atoms with van der Waals surface area (Å²) in [5.74, 6) is -0.886. The number of ether oxygens (including phenoxy) is 2. The number of hydrogen-bond acceptors (Lipinski definition) is 6. The van der Waals surface area contributed by atoms with E-state index in [9.17, 15) is 9.90 Å². The average Bonchev–Trinajstić information content (AvgIpc) is 3.33. The predicted octanol–water partition coefficient (Wildman–Crippen LogP) is 4.70. The second-order valence-corrected chi connectivity index (χ2v) is 12.2. The third kappa shape index (κ3) is 4.41. The Kier molecular flexibility index (Phi) is 7.35. The smallest absolute Gasteiger partial charge is 0.337 e. The van der Waals surface area contributed by atoms with Crippen molar-refractivity contribution < 1.29 is 19.4 Å². The Balaban J connectivity index is 1.99. The highest BCUT2D eigenvalue weighted by molar-refractivity contribution is 7.99. The summed E-state index contributed by atoms with van der Waals surface area (Å²) in [6.07, 6.45) is 0. The molecule has 0 aliphatic carbocycles. The van der Waals surface area contributed by atoms with E-state index in [2.05, 4.69) is 4.98 Å². The summed E-state index contributed by atoms with van der Waals surface area (Å²) in [6, 6.07) is 35.8. The second kappa shape index (κ2) is 11.0. The van der Waals surface area contributed by atoms with Crippen LogP contribution in [0.25, 0.3) is 11.0 Å². The van der Waals surface area contributed by atoms with Crippen molar-refractivity contribution in [3.8, 4) is 0 Å². The summed E-state index contributed by atoms with van der Waals surface area (Å²) in [6.45, 7) is 0. The Morgan fingerprint density at radius 3 is 1.69 bits per heavy atom. The number of esters is 1. The topological polar surface area (TPSA) is 99.6 Å². The van der Waals surface area contributed by atoms with E-state index < -0.39 is 19.3 Å². The monoisotopic (exact) mass is 538 g/mol. The first-order chi connectivity index (χ1) is 19.0. The lowest BCUT2D eigenvalue weighted by Crippen LogP contribution is -2.38. The molecule has 196 valence electrons. The van der Waals surface area contributed by atoms with Crippen molar-refractivity contribution in [1.29, 1.82) is 0 Å². The van der Waals surface area contributed by atoms with E-state index in [-0.39, 0.29) is 11.9 Å². The third-order valence-electron chi connectivity index (χ3n) is 6.77. The lowest BCUT2D eigenvalue weighted by molar-refractivity contribution is -0.143. The number of imidazole rings is 1. The van der Waals surface area contributed by atoms with Crippen LogP contribution < -0.4 is 21.6 Å². The van der Waals surface area contributed by atoms with Crippen molar-refractivity contribution in [3.63, 3.8) is 0 Å². The lowest BCUT2D eigenvalue weighted by atomic mass is 10.2. The number of nitrogens with two attached hydrogens (primary N) is 1. The van der Waals surface area contributed by atoms with Gasteiger partial charge in [-0.15, -0.1) is 0 Å². The largest absolute Gasteiger partial charge is 0.478 e. The Labute approximate surface area is 227 Å². The van der Waals surface area contributed by atoms with Crippen LogP contribution in [0, 0.1) is 0 Å². The van der Waals surface area contributed by atoms with Gasteiger partial charge in [-0.1, -0.05) is 66.7 Å². The molecule has 3 N–H and O–H groups in total. The second-order valence-electron chi connectivity index (χ2n) is 8.83. The minimum absolute atomic E-state index is 0.111. The number of carbonyl (C=O) groups excluding carboxylic acids is 1. The summed E-state index contributed by atoms with van der Waals surface area (Å²) >= 11 is 0. The van der Waals surface area contributed by atoms with Crippen LogP contribution >= 0.6 is 7.26 Å². The fourth-order valence-electron chi connectivity index (χ4n) is 5.15. The number of nitrogen functional groups attached to an aromatic ring is 1. The number of aliphatic hydroxyl groups excluding tert-OH is 1. The van der Waals surface area contributed by atoms with E-state index >= 15 is 0 Å². The fourth-order valence-corrected chi connectivity index (χ4v) is 9.71. The van der Waals surface area contributed by atoms with Crippen LogP contribution in [0.5, 0.6) is 0 Å². The number of para-hydroxylation sites is 2. The molecule has 0 radical (unpaired) electrons. The fraction of sp³-hybridized carbons (Fsp3) is 0.0968. The minimum atomic E-state index is -3.00. The standard InChI is InChI=1S/C31H28N3O4P/c1-37-29(35)27(34-26-21-13-12-20-25(26)33-31(34)32)28(30(36)38-2)39(22-14-6-3-7-15-22,23-16-8-4-9-17-23)24-18-10-5-11-19-24/h3-21,27H,1-2H3,(H2-,32,33,36)/p+1/b30-28+. The molecule has 0 bridgehead atoms. The van der Waals surface area contributed by atoms with Gasteiger partial charge >= 0.3 is 11.9 Å². The molecule has 0 saturated heterocycles. The van der Waals surface area contributed by atoms with Crippen LogP contribution in [0.1, 0.15) is 6.04 Å². The van der Waals surface area contributed by atoms with E-state index in [1.165, 1.54) is 14.2 Å². The molecule has 0 saturated carbocycles. The quantitative estimate of drug-likeness (QED) is 0.169. The van der Waals surface area contributed by atoms with E-state index in [1.54, 1.807) is 4.57 Å². The number of aromatic nitrogens is 2. The van der Waals surface area contributed by atoms with Crippen LogP contribution in [0.15, 0.2) is 127 Å². The zero-order valence-corrected chi connectivity index (χ0v) is 22.5. The molecule has 7 nitrogen and oxygen atoms in total. The molecule has 0 fully saturated rings. The number of nitrogens with zero attached hydrogens (tertiary/aromatic N) is 2. The maximum atomic E-state index is 13.9. The summed E-state index contributed by atoms with van der Waals surface area (Å²) < 4.78 is 12.6. The van der Waals surface area contributed by atoms with Gasteiger partial charge in [-0.05, 0) is 48.5 Å². The first-order valence-electron chi connectivity index (χ1n) is 12.4. The minimum Gasteiger partial charge on any atom is -0.478 e. The molecule has 1 unspecified atom stereocenters. The van der Waals surface area contributed by atoms with E-state index in [0.29, 0.717) is 16.3 Å². The predicted molar refractivity (Wildman–Crippen MR) is 157 cm³/mol. The van der Waals surface area contributed by atoms with Crippen LogP contribution in [0.2, 0.25) is 0 Å². The van der Waals surface area contributed by atoms with Gasteiger partial charge in [0.2, 0.25) is 17.3 Å². The molecular formula is C31H29N3O4P+. The summed E-state index contributed by atoms with van der Waals surface area (Å²) in [5.41, 5.74) is 7.74. The molecule has 5 rings (SSSR count). The zero-order chi connectivity index (χ0) is 27.4. The van der Waals surface area contributed by atoms with Gasteiger partial charge in [-0.2, -0.15) is 0 Å². The van der Waals surface area contributed by atoms with E-state index in [1.807, 2.05) is 115 Å². The van der Waals surface area contributed by atoms with Crippen LogP contribution in [0.3, 0.4) is 0 Å². The molecule has 0 amide bonds. The maximum Gasteiger partial charge on any atom is 0.337 e. The molecule has 1 atom stereocenters. The Bertz CT molecular complexity index is 1520. The van der Waals surface area contributed by atoms with Crippen LogP contribution in [-0.4, -0.2) is 34.8 Å². The summed E-state index contributed by atoms with van der Waals surface area (Å²) in [5, 5.41) is 14.8. The molecule has 8 heteroatoms. The van der Waals surface area contributed by atoms with Crippen molar-refractivity contribution in [2.75, 3.05) is 20.0 Å². The van der Waals surface area contributed by atoms with Crippen molar-refractivity contribution in [1.82, 2.24) is 9.55 Å². The van der Waals surface area contributed by atoms with E-state index in [4.69, 9.17) is 15.2 Å². The first-order valence-corrected chi connectivity index (χ1v) is 14.2. The number of anilines is 1. The number of benzene rings is 4.